The van der Waals surface area contributed by atoms with E-state index < -0.39 is 6.10 Å². The van der Waals surface area contributed by atoms with Crippen molar-refractivity contribution in [2.45, 2.75) is 25.9 Å². The quantitative estimate of drug-likeness (QED) is 0.726. The van der Waals surface area contributed by atoms with Gasteiger partial charge >= 0.3 is 0 Å². The van der Waals surface area contributed by atoms with Crippen LogP contribution in [-0.4, -0.2) is 11.4 Å². The molecule has 2 nitrogen and oxygen atoms in total. The highest BCUT2D eigenvalue weighted by Crippen LogP contribution is 2.24. The average molecular weight is 184 g/mol. The molecule has 1 atom stereocenters. The Morgan fingerprint density at radius 1 is 1.67 bits per heavy atom. The fourth-order valence-corrected chi connectivity index (χ4v) is 1.92. The van der Waals surface area contributed by atoms with Gasteiger partial charge in [0.15, 0.2) is 0 Å². The van der Waals surface area contributed by atoms with Crippen molar-refractivity contribution in [3.05, 3.63) is 21.9 Å². The molecule has 0 saturated heterocycles. The lowest BCUT2D eigenvalue weighted by molar-refractivity contribution is -0.109. The molecule has 0 bridgehead atoms. The molecule has 0 radical (unpaired) electrons. The maximum atomic E-state index is 10.1. The zero-order valence-electron chi connectivity index (χ0n) is 6.99. The first kappa shape index (κ1) is 9.42. The Morgan fingerprint density at radius 2 is 2.42 bits per heavy atom. The highest BCUT2D eigenvalue weighted by Gasteiger charge is 2.08. The van der Waals surface area contributed by atoms with Crippen molar-refractivity contribution < 1.29 is 9.90 Å². The molecular formula is C9H12O2S. The Morgan fingerprint density at radius 3 is 2.92 bits per heavy atom. The lowest BCUT2D eigenvalue weighted by Gasteiger charge is -2.01. The molecule has 0 saturated carbocycles. The van der Waals surface area contributed by atoms with Gasteiger partial charge in [-0.05, 0) is 18.6 Å². The molecule has 66 valence electrons. The van der Waals surface area contributed by atoms with Crippen LogP contribution in [-0.2, 0) is 11.2 Å². The number of hydrogen-bond donors (Lipinski definition) is 1. The van der Waals surface area contributed by atoms with Crippen molar-refractivity contribution in [1.29, 1.82) is 0 Å². The summed E-state index contributed by atoms with van der Waals surface area (Å²) in [7, 11) is 0. The number of aliphatic hydroxyl groups is 1. The maximum Gasteiger partial charge on any atom is 0.122 e. The molecule has 0 aliphatic carbocycles. The Bertz CT molecular complexity index is 255. The van der Waals surface area contributed by atoms with E-state index in [0.29, 0.717) is 0 Å². The first-order chi connectivity index (χ1) is 5.77. The number of hydrogen-bond acceptors (Lipinski definition) is 3. The molecule has 0 aromatic carbocycles. The summed E-state index contributed by atoms with van der Waals surface area (Å²) in [5.41, 5.74) is 0. The third-order valence-corrected chi connectivity index (χ3v) is 3.01. The summed E-state index contributed by atoms with van der Waals surface area (Å²) in [6.07, 6.45) is 1.32. The van der Waals surface area contributed by atoms with Gasteiger partial charge in [-0.3, -0.25) is 0 Å². The monoisotopic (exact) mass is 184 g/mol. The molecule has 0 aliphatic heterocycles. The van der Waals surface area contributed by atoms with Crippen molar-refractivity contribution in [3.63, 3.8) is 0 Å². The summed E-state index contributed by atoms with van der Waals surface area (Å²) in [6.45, 7) is 2.07. The van der Waals surface area contributed by atoms with E-state index in [1.54, 1.807) is 11.3 Å². The minimum absolute atomic E-state index is 0.198. The van der Waals surface area contributed by atoms with E-state index in [1.165, 1.54) is 4.88 Å². The summed E-state index contributed by atoms with van der Waals surface area (Å²) in [6, 6.07) is 3.88. The van der Waals surface area contributed by atoms with Crippen LogP contribution in [0.25, 0.3) is 0 Å². The third-order valence-electron chi connectivity index (χ3n) is 1.68. The van der Waals surface area contributed by atoms with Gasteiger partial charge in [0, 0.05) is 16.2 Å². The molecule has 1 aromatic rings. The molecule has 1 unspecified atom stereocenters. The van der Waals surface area contributed by atoms with Crippen LogP contribution in [0.1, 0.15) is 29.2 Å². The van der Waals surface area contributed by atoms with Crippen molar-refractivity contribution in [2.75, 3.05) is 0 Å². The Labute approximate surface area is 75.9 Å². The summed E-state index contributed by atoms with van der Waals surface area (Å²) < 4.78 is 0. The number of rotatable bonds is 4. The SMILES string of the molecule is CCc1ccc(C(O)CC=O)s1. The van der Waals surface area contributed by atoms with Crippen molar-refractivity contribution >= 4 is 17.6 Å². The van der Waals surface area contributed by atoms with E-state index in [4.69, 9.17) is 0 Å². The highest BCUT2D eigenvalue weighted by molar-refractivity contribution is 7.12. The first-order valence-electron chi connectivity index (χ1n) is 3.98. The number of carbonyl (C=O) groups is 1. The molecule has 0 amide bonds. The van der Waals surface area contributed by atoms with Crippen LogP contribution in [0.3, 0.4) is 0 Å². The molecular weight excluding hydrogens is 172 g/mol. The average Bonchev–Trinajstić information content (AvgIpc) is 2.52. The molecule has 12 heavy (non-hydrogen) atoms. The van der Waals surface area contributed by atoms with Gasteiger partial charge < -0.3 is 9.90 Å². The summed E-state index contributed by atoms with van der Waals surface area (Å²) in [5.74, 6) is 0. The Hall–Kier alpha value is -0.670. The maximum absolute atomic E-state index is 10.1. The van der Waals surface area contributed by atoms with E-state index in [-0.39, 0.29) is 6.42 Å². The second kappa shape index (κ2) is 4.38. The Balaban J connectivity index is 2.67. The van der Waals surface area contributed by atoms with Gasteiger partial charge in [-0.2, -0.15) is 0 Å². The van der Waals surface area contributed by atoms with Gasteiger partial charge in [-0.25, -0.2) is 0 Å². The van der Waals surface area contributed by atoms with Crippen LogP contribution in [0.4, 0.5) is 0 Å². The van der Waals surface area contributed by atoms with Crippen LogP contribution in [0.2, 0.25) is 0 Å². The van der Waals surface area contributed by atoms with Gasteiger partial charge in [0.05, 0.1) is 6.10 Å². The molecule has 1 rings (SSSR count). The number of aliphatic hydroxyl groups excluding tert-OH is 1. The van der Waals surface area contributed by atoms with Gasteiger partial charge in [-0.15, -0.1) is 11.3 Å². The van der Waals surface area contributed by atoms with E-state index in [9.17, 15) is 9.90 Å². The number of thiophene rings is 1. The zero-order chi connectivity index (χ0) is 8.97. The number of aldehydes is 1. The van der Waals surface area contributed by atoms with Crippen LogP contribution >= 0.6 is 11.3 Å². The van der Waals surface area contributed by atoms with Gasteiger partial charge in [0.25, 0.3) is 0 Å². The molecule has 3 heteroatoms. The standard InChI is InChI=1S/C9H12O2S/c1-2-7-3-4-9(12-7)8(11)5-6-10/h3-4,6,8,11H,2,5H2,1H3. The molecule has 0 spiro atoms. The molecule has 0 fully saturated rings. The van der Waals surface area contributed by atoms with Crippen molar-refractivity contribution in [3.8, 4) is 0 Å². The van der Waals surface area contributed by atoms with Crippen LogP contribution in [0.5, 0.6) is 0 Å². The largest absolute Gasteiger partial charge is 0.387 e. The minimum atomic E-state index is -0.604. The molecule has 0 aliphatic rings. The predicted octanol–water partition coefficient (Wildman–Crippen LogP) is 1.93. The van der Waals surface area contributed by atoms with Gasteiger partial charge in [0.1, 0.15) is 6.29 Å². The van der Waals surface area contributed by atoms with E-state index in [2.05, 4.69) is 6.92 Å². The topological polar surface area (TPSA) is 37.3 Å². The predicted molar refractivity (Wildman–Crippen MR) is 49.3 cm³/mol. The molecule has 1 N–H and O–H groups in total. The normalized spacial score (nSPS) is 12.8. The van der Waals surface area contributed by atoms with Crippen LogP contribution in [0, 0.1) is 0 Å². The van der Waals surface area contributed by atoms with Gasteiger partial charge in [0.2, 0.25) is 0 Å². The van der Waals surface area contributed by atoms with E-state index in [0.717, 1.165) is 17.6 Å². The molecule has 1 aromatic heterocycles. The fraction of sp³-hybridized carbons (Fsp3) is 0.444. The smallest absolute Gasteiger partial charge is 0.122 e. The number of carbonyl (C=O) groups excluding carboxylic acids is 1. The van der Waals surface area contributed by atoms with Crippen molar-refractivity contribution in [2.24, 2.45) is 0 Å². The Kier molecular flexibility index (Phi) is 3.44. The van der Waals surface area contributed by atoms with Crippen LogP contribution in [0.15, 0.2) is 12.1 Å². The van der Waals surface area contributed by atoms with E-state index in [1.807, 2.05) is 12.1 Å². The number of aryl methyl sites for hydroxylation is 1. The second-order valence-corrected chi connectivity index (χ2v) is 3.78. The van der Waals surface area contributed by atoms with Gasteiger partial charge in [-0.1, -0.05) is 6.92 Å². The first-order valence-corrected chi connectivity index (χ1v) is 4.80. The lowest BCUT2D eigenvalue weighted by atomic mass is 10.2. The highest BCUT2D eigenvalue weighted by atomic mass is 32.1. The minimum Gasteiger partial charge on any atom is -0.387 e. The lowest BCUT2D eigenvalue weighted by Crippen LogP contribution is -1.93. The third kappa shape index (κ3) is 2.16. The summed E-state index contributed by atoms with van der Waals surface area (Å²) in [5, 5.41) is 9.41. The molecule has 1 heterocycles. The van der Waals surface area contributed by atoms with E-state index >= 15 is 0 Å². The van der Waals surface area contributed by atoms with Crippen molar-refractivity contribution in [1.82, 2.24) is 0 Å². The fourth-order valence-electron chi connectivity index (χ4n) is 0.971. The van der Waals surface area contributed by atoms with Crippen LogP contribution < -0.4 is 0 Å². The second-order valence-electron chi connectivity index (χ2n) is 2.58. The summed E-state index contributed by atoms with van der Waals surface area (Å²) >= 11 is 1.57. The zero-order valence-corrected chi connectivity index (χ0v) is 7.80. The summed E-state index contributed by atoms with van der Waals surface area (Å²) in [4.78, 5) is 12.2.